The number of carboxylic acids is 1. The molecule has 1 aromatic carbocycles. The van der Waals surface area contributed by atoms with Gasteiger partial charge in [0.25, 0.3) is 0 Å². The van der Waals surface area contributed by atoms with Crippen LogP contribution in [0.3, 0.4) is 0 Å². The van der Waals surface area contributed by atoms with E-state index in [4.69, 9.17) is 29.7 Å². The monoisotopic (exact) mass is 806 g/mol. The Morgan fingerprint density at radius 3 is 1.89 bits per heavy atom. The van der Waals surface area contributed by atoms with Gasteiger partial charge in [0.05, 0.1) is 45.2 Å². The number of hydrogen-bond donors (Lipinski definition) is 2. The summed E-state index contributed by atoms with van der Waals surface area (Å²) < 4.78 is 7.67. The zero-order valence-electron chi connectivity index (χ0n) is 28.7. The number of ether oxygens (including phenoxy) is 1. The van der Waals surface area contributed by atoms with Gasteiger partial charge in [-0.3, -0.25) is 14.5 Å². The number of nitrogens with zero attached hydrogens (tertiary/aromatic N) is 6. The molecule has 11 heteroatoms. The largest absolute Gasteiger partial charge is 0.482 e. The Morgan fingerprint density at radius 2 is 1.26 bits per heavy atom. The van der Waals surface area contributed by atoms with E-state index in [1.807, 2.05) is 115 Å². The summed E-state index contributed by atoms with van der Waals surface area (Å²) in [5.41, 5.74) is 11.2. The van der Waals surface area contributed by atoms with Crippen LogP contribution in [0.15, 0.2) is 128 Å². The van der Waals surface area contributed by atoms with Gasteiger partial charge in [0.2, 0.25) is 0 Å². The number of aromatic nitrogens is 7. The molecule has 3 radical (unpaired) electrons. The summed E-state index contributed by atoms with van der Waals surface area (Å²) >= 11 is 0. The fraction of sp³-hybridized carbons (Fsp3) is 0.0233. The fourth-order valence-corrected chi connectivity index (χ4v) is 6.70. The van der Waals surface area contributed by atoms with Crippen LogP contribution in [0.25, 0.3) is 85.8 Å². The van der Waals surface area contributed by atoms with Crippen LogP contribution >= 0.6 is 0 Å². The van der Waals surface area contributed by atoms with E-state index in [1.165, 1.54) is 0 Å². The van der Waals surface area contributed by atoms with E-state index in [1.54, 1.807) is 30.7 Å². The Bertz CT molecular complexity index is 2740. The molecule has 2 aliphatic rings. The van der Waals surface area contributed by atoms with Crippen LogP contribution in [-0.2, 0) is 4.79 Å². The number of aromatic amines is 1. The first kappa shape index (κ1) is 34.5. The van der Waals surface area contributed by atoms with Gasteiger partial charge in [-0.1, -0.05) is 30.3 Å². The van der Waals surface area contributed by atoms with Crippen molar-refractivity contribution in [3.8, 4) is 45.2 Å². The van der Waals surface area contributed by atoms with Crippen molar-refractivity contribution in [2.75, 3.05) is 6.61 Å². The fourth-order valence-electron chi connectivity index (χ4n) is 6.70. The van der Waals surface area contributed by atoms with Crippen LogP contribution in [-0.4, -0.2) is 78.0 Å². The number of nitrogens with one attached hydrogen (secondary N) is 1. The number of H-pyrrole nitrogens is 1. The molecule has 0 atom stereocenters. The van der Waals surface area contributed by atoms with Crippen molar-refractivity contribution in [2.45, 2.75) is 0 Å². The zero-order chi connectivity index (χ0) is 35.7. The Hall–Kier alpha value is -6.59. The zero-order valence-corrected chi connectivity index (χ0v) is 32.0. The number of carboxylic acid groups (broad SMARTS) is 1. The SMILES string of the molecule is O=C(O)COc1ccc(-c2c3nc(cc4ccc(cc5nc(cc6c(-c7ccccn7)c(-c7ccccn7)c2n6-c2ccccn2)C=C5)[nH]4)C=C3)cc1.[In]. The van der Waals surface area contributed by atoms with Gasteiger partial charge in [0.1, 0.15) is 11.6 Å². The van der Waals surface area contributed by atoms with Gasteiger partial charge in [-0.05, 0) is 109 Å². The predicted octanol–water partition coefficient (Wildman–Crippen LogP) is 8.39. The van der Waals surface area contributed by atoms with Crippen LogP contribution < -0.4 is 4.74 Å². The second-order valence-electron chi connectivity index (χ2n) is 12.4. The van der Waals surface area contributed by atoms with Gasteiger partial charge in [-0.2, -0.15) is 0 Å². The number of benzene rings is 1. The maximum atomic E-state index is 11.3. The van der Waals surface area contributed by atoms with E-state index in [0.717, 1.165) is 72.8 Å². The third-order valence-corrected chi connectivity index (χ3v) is 8.89. The van der Waals surface area contributed by atoms with E-state index in [-0.39, 0.29) is 25.8 Å². The summed E-state index contributed by atoms with van der Waals surface area (Å²) in [6.45, 7) is -0.450. The van der Waals surface area contributed by atoms with E-state index < -0.39 is 12.6 Å². The summed E-state index contributed by atoms with van der Waals surface area (Å²) in [5, 5.41) is 9.25. The molecule has 0 amide bonds. The van der Waals surface area contributed by atoms with Crippen LogP contribution in [0, 0.1) is 0 Å². The summed E-state index contributed by atoms with van der Waals surface area (Å²) in [4.78, 5) is 39.7. The number of fused-ring (bicyclic) bond motifs is 8. The normalized spacial score (nSPS) is 11.6. The molecule has 10 nitrogen and oxygen atoms in total. The predicted molar refractivity (Wildman–Crippen MR) is 212 cm³/mol. The standard InChI is InChI=1S/C43H29N7O3.In/c51-39(52)26-53-33-17-10-27(11-18-33)40-36-19-16-31(49-36)24-30-13-12-28(47-30)23-29-14-15-32(48-29)25-37-41(34-7-1-4-20-44-34)42(35-8-2-5-21-45-35)43(40)50(37)38-9-3-6-22-46-38;/h1-25,47H,26H2,(H,51,52);. The van der Waals surface area contributed by atoms with E-state index in [0.29, 0.717) is 17.3 Å². The summed E-state index contributed by atoms with van der Waals surface area (Å²) in [7, 11) is 0. The van der Waals surface area contributed by atoms with Crippen molar-refractivity contribution in [2.24, 2.45) is 0 Å². The molecule has 54 heavy (non-hydrogen) atoms. The Kier molecular flexibility index (Phi) is 9.45. The molecule has 2 N–H and O–H groups in total. The van der Waals surface area contributed by atoms with Crippen molar-refractivity contribution in [3.63, 3.8) is 0 Å². The van der Waals surface area contributed by atoms with E-state index in [9.17, 15) is 9.90 Å². The van der Waals surface area contributed by atoms with Gasteiger partial charge >= 0.3 is 5.97 Å². The van der Waals surface area contributed by atoms with Crippen molar-refractivity contribution in [1.29, 1.82) is 0 Å². The minimum Gasteiger partial charge on any atom is -0.482 e. The third-order valence-electron chi connectivity index (χ3n) is 8.89. The van der Waals surface area contributed by atoms with Crippen molar-refractivity contribution < 1.29 is 14.6 Å². The molecule has 6 aromatic heterocycles. The smallest absolute Gasteiger partial charge is 0.341 e. The molecule has 0 unspecified atom stereocenters. The molecular weight excluding hydrogens is 777 g/mol. The minimum absolute atomic E-state index is 0. The number of aliphatic carboxylic acids is 1. The molecule has 0 spiro atoms. The first-order valence-electron chi connectivity index (χ1n) is 16.9. The second kappa shape index (κ2) is 14.8. The maximum absolute atomic E-state index is 11.3. The number of hydrogen-bond acceptors (Lipinski definition) is 7. The number of rotatable bonds is 7. The first-order valence-corrected chi connectivity index (χ1v) is 16.9. The van der Waals surface area contributed by atoms with Gasteiger partial charge in [-0.15, -0.1) is 0 Å². The van der Waals surface area contributed by atoms with Crippen molar-refractivity contribution in [1.82, 2.24) is 34.5 Å². The molecule has 0 fully saturated rings. The molecule has 257 valence electrons. The maximum Gasteiger partial charge on any atom is 0.341 e. The molecule has 7 aromatic rings. The Morgan fingerprint density at radius 1 is 0.648 bits per heavy atom. The number of pyridine rings is 3. The molecule has 0 saturated heterocycles. The van der Waals surface area contributed by atoms with Gasteiger partial charge < -0.3 is 14.8 Å². The van der Waals surface area contributed by atoms with Crippen molar-refractivity contribution in [3.05, 3.63) is 151 Å². The average molecular weight is 807 g/mol. The van der Waals surface area contributed by atoms with Crippen LogP contribution in [0.5, 0.6) is 5.75 Å². The van der Waals surface area contributed by atoms with Gasteiger partial charge in [0.15, 0.2) is 6.61 Å². The van der Waals surface area contributed by atoms with E-state index in [2.05, 4.69) is 15.6 Å². The van der Waals surface area contributed by atoms with Gasteiger partial charge in [0, 0.05) is 72.2 Å². The second-order valence-corrected chi connectivity index (χ2v) is 12.4. The quantitative estimate of drug-likeness (QED) is 0.164. The molecule has 9 rings (SSSR count). The summed E-state index contributed by atoms with van der Waals surface area (Å²) in [6, 6.07) is 35.1. The molecule has 0 saturated carbocycles. The number of carbonyl (C=O) groups is 1. The van der Waals surface area contributed by atoms with Crippen LogP contribution in [0.2, 0.25) is 0 Å². The Balaban J connectivity index is 0.00000413. The van der Waals surface area contributed by atoms with E-state index >= 15 is 0 Å². The Labute approximate surface area is 328 Å². The molecule has 8 heterocycles. The first-order chi connectivity index (χ1) is 26.1. The van der Waals surface area contributed by atoms with Crippen LogP contribution in [0.1, 0.15) is 22.8 Å². The third kappa shape index (κ3) is 6.72. The van der Waals surface area contributed by atoms with Crippen LogP contribution in [0.4, 0.5) is 0 Å². The molecule has 8 bridgehead atoms. The molecule has 0 aliphatic carbocycles. The topological polar surface area (TPSA) is 132 Å². The summed E-state index contributed by atoms with van der Waals surface area (Å²) in [6.07, 6.45) is 13.3. The molecular formula is C43H29InN7O3. The van der Waals surface area contributed by atoms with Gasteiger partial charge in [-0.25, -0.2) is 19.7 Å². The summed E-state index contributed by atoms with van der Waals surface area (Å²) in [5.74, 6) is 0.0470. The van der Waals surface area contributed by atoms with Crippen molar-refractivity contribution >= 4 is 78.2 Å². The minimum atomic E-state index is -1.05. The molecule has 2 aliphatic heterocycles. The average Bonchev–Trinajstić information content (AvgIpc) is 4.00.